The first-order valence-electron chi connectivity index (χ1n) is 3.81. The van der Waals surface area contributed by atoms with Crippen LogP contribution in [0.1, 0.15) is 25.7 Å². The Morgan fingerprint density at radius 2 is 2.10 bits per heavy atom. The number of nitriles is 1. The first kappa shape index (κ1) is 7.56. The van der Waals surface area contributed by atoms with Crippen LogP contribution >= 0.6 is 0 Å². The molecule has 0 aromatic carbocycles. The summed E-state index contributed by atoms with van der Waals surface area (Å²) in [6, 6.07) is 2.28. The average molecular weight is 139 g/mol. The van der Waals surface area contributed by atoms with E-state index < -0.39 is 0 Å². The van der Waals surface area contributed by atoms with Crippen LogP contribution in [-0.4, -0.2) is 13.2 Å². The predicted molar refractivity (Wildman–Crippen MR) is 38.4 cm³/mol. The highest BCUT2D eigenvalue weighted by atomic mass is 16.5. The van der Waals surface area contributed by atoms with Gasteiger partial charge in [-0.3, -0.25) is 0 Å². The molecule has 2 atom stereocenters. The summed E-state index contributed by atoms with van der Waals surface area (Å²) in [4.78, 5) is 0. The summed E-state index contributed by atoms with van der Waals surface area (Å²) < 4.78 is 5.17. The molecular formula is C8H13NO. The van der Waals surface area contributed by atoms with E-state index in [1.807, 2.05) is 0 Å². The molecule has 1 aliphatic carbocycles. The second-order valence-electron chi connectivity index (χ2n) is 2.79. The molecule has 0 aromatic heterocycles. The highest BCUT2D eigenvalue weighted by molar-refractivity contribution is 4.91. The van der Waals surface area contributed by atoms with Gasteiger partial charge in [0.05, 0.1) is 18.1 Å². The zero-order valence-electron chi connectivity index (χ0n) is 6.34. The van der Waals surface area contributed by atoms with E-state index in [4.69, 9.17) is 10.00 Å². The minimum absolute atomic E-state index is 0.152. The minimum Gasteiger partial charge on any atom is -0.380 e. The van der Waals surface area contributed by atoms with Crippen molar-refractivity contribution in [3.05, 3.63) is 0 Å². The van der Waals surface area contributed by atoms with Gasteiger partial charge in [0.1, 0.15) is 0 Å². The molecule has 56 valence electrons. The number of hydrogen-bond donors (Lipinski definition) is 0. The molecule has 1 saturated carbocycles. The van der Waals surface area contributed by atoms with Gasteiger partial charge in [-0.2, -0.15) is 5.26 Å². The summed E-state index contributed by atoms with van der Waals surface area (Å²) >= 11 is 0. The third kappa shape index (κ3) is 1.48. The Kier molecular flexibility index (Phi) is 2.70. The Labute approximate surface area is 61.8 Å². The van der Waals surface area contributed by atoms with Crippen LogP contribution in [-0.2, 0) is 4.74 Å². The molecule has 0 amide bonds. The first-order chi connectivity index (χ1) is 4.88. The molecule has 0 unspecified atom stereocenters. The van der Waals surface area contributed by atoms with E-state index >= 15 is 0 Å². The molecule has 1 rings (SSSR count). The number of hydrogen-bond acceptors (Lipinski definition) is 2. The molecule has 0 aliphatic heterocycles. The Morgan fingerprint density at radius 1 is 1.40 bits per heavy atom. The van der Waals surface area contributed by atoms with E-state index in [-0.39, 0.29) is 12.0 Å². The van der Waals surface area contributed by atoms with Gasteiger partial charge in [0.15, 0.2) is 0 Å². The number of nitrogens with zero attached hydrogens (tertiary/aromatic N) is 1. The third-order valence-corrected chi connectivity index (χ3v) is 2.17. The fourth-order valence-corrected chi connectivity index (χ4v) is 1.53. The summed E-state index contributed by atoms with van der Waals surface area (Å²) in [6.07, 6.45) is 4.71. The van der Waals surface area contributed by atoms with E-state index in [1.165, 1.54) is 12.8 Å². The van der Waals surface area contributed by atoms with E-state index in [2.05, 4.69) is 6.07 Å². The van der Waals surface area contributed by atoms with Crippen LogP contribution in [0.2, 0.25) is 0 Å². The largest absolute Gasteiger partial charge is 0.380 e. The minimum atomic E-state index is 0.152. The molecule has 0 radical (unpaired) electrons. The lowest BCUT2D eigenvalue weighted by atomic mass is 9.88. The van der Waals surface area contributed by atoms with Crippen LogP contribution in [0.25, 0.3) is 0 Å². The fraction of sp³-hybridized carbons (Fsp3) is 0.875. The van der Waals surface area contributed by atoms with Crippen LogP contribution in [0.3, 0.4) is 0 Å². The van der Waals surface area contributed by atoms with E-state index in [0.717, 1.165) is 12.8 Å². The van der Waals surface area contributed by atoms with Gasteiger partial charge in [-0.15, -0.1) is 0 Å². The van der Waals surface area contributed by atoms with Crippen LogP contribution in [0.4, 0.5) is 0 Å². The standard InChI is InChI=1S/C8H13NO/c1-10-8-5-3-2-4-7(8)6-9/h7-8H,2-5H2,1H3/t7-,8-/m1/s1. The summed E-state index contributed by atoms with van der Waals surface area (Å²) in [6.45, 7) is 0. The third-order valence-electron chi connectivity index (χ3n) is 2.17. The van der Waals surface area contributed by atoms with E-state index in [9.17, 15) is 0 Å². The Bertz CT molecular complexity index is 139. The molecule has 0 N–H and O–H groups in total. The maximum absolute atomic E-state index is 8.66. The van der Waals surface area contributed by atoms with Gasteiger partial charge in [-0.25, -0.2) is 0 Å². The molecule has 1 fully saturated rings. The summed E-state index contributed by atoms with van der Waals surface area (Å²) in [7, 11) is 1.69. The zero-order valence-corrected chi connectivity index (χ0v) is 6.34. The molecule has 0 spiro atoms. The summed E-state index contributed by atoms with van der Waals surface area (Å²) in [5.74, 6) is 0.152. The maximum Gasteiger partial charge on any atom is 0.0729 e. The fourth-order valence-electron chi connectivity index (χ4n) is 1.53. The smallest absolute Gasteiger partial charge is 0.0729 e. The molecule has 0 saturated heterocycles. The summed E-state index contributed by atoms with van der Waals surface area (Å²) in [5, 5.41) is 8.66. The monoisotopic (exact) mass is 139 g/mol. The van der Waals surface area contributed by atoms with Crippen molar-refractivity contribution in [2.45, 2.75) is 31.8 Å². The van der Waals surface area contributed by atoms with Gasteiger partial charge in [0, 0.05) is 7.11 Å². The number of ether oxygens (including phenoxy) is 1. The molecule has 1 aliphatic rings. The molecule has 0 heterocycles. The Hall–Kier alpha value is -0.550. The SMILES string of the molecule is CO[C@@H]1CCCC[C@@H]1C#N. The topological polar surface area (TPSA) is 33.0 Å². The highest BCUT2D eigenvalue weighted by Crippen LogP contribution is 2.25. The molecule has 2 heteroatoms. The van der Waals surface area contributed by atoms with E-state index in [1.54, 1.807) is 7.11 Å². The molecule has 10 heavy (non-hydrogen) atoms. The lowest BCUT2D eigenvalue weighted by Crippen LogP contribution is -2.25. The normalized spacial score (nSPS) is 33.2. The van der Waals surface area contributed by atoms with Crippen molar-refractivity contribution >= 4 is 0 Å². The Morgan fingerprint density at radius 3 is 2.60 bits per heavy atom. The van der Waals surface area contributed by atoms with Crippen molar-refractivity contribution in [1.82, 2.24) is 0 Å². The average Bonchev–Trinajstić information content (AvgIpc) is 2.04. The van der Waals surface area contributed by atoms with Crippen molar-refractivity contribution in [3.8, 4) is 6.07 Å². The van der Waals surface area contributed by atoms with Crippen molar-refractivity contribution in [3.63, 3.8) is 0 Å². The Balaban J connectivity index is 2.44. The van der Waals surface area contributed by atoms with Gasteiger partial charge in [0.2, 0.25) is 0 Å². The van der Waals surface area contributed by atoms with E-state index in [0.29, 0.717) is 0 Å². The molecule has 0 bridgehead atoms. The lowest BCUT2D eigenvalue weighted by molar-refractivity contribution is 0.0441. The number of methoxy groups -OCH3 is 1. The lowest BCUT2D eigenvalue weighted by Gasteiger charge is -2.24. The highest BCUT2D eigenvalue weighted by Gasteiger charge is 2.23. The van der Waals surface area contributed by atoms with Gasteiger partial charge in [0.25, 0.3) is 0 Å². The van der Waals surface area contributed by atoms with Crippen molar-refractivity contribution in [2.24, 2.45) is 5.92 Å². The van der Waals surface area contributed by atoms with Crippen molar-refractivity contribution in [1.29, 1.82) is 5.26 Å². The molecule has 2 nitrogen and oxygen atoms in total. The van der Waals surface area contributed by atoms with Gasteiger partial charge >= 0.3 is 0 Å². The van der Waals surface area contributed by atoms with Gasteiger partial charge in [-0.05, 0) is 12.8 Å². The second-order valence-corrected chi connectivity index (χ2v) is 2.79. The molecular weight excluding hydrogens is 126 g/mol. The van der Waals surface area contributed by atoms with Gasteiger partial charge in [-0.1, -0.05) is 12.8 Å². The van der Waals surface area contributed by atoms with Crippen LogP contribution < -0.4 is 0 Å². The summed E-state index contributed by atoms with van der Waals surface area (Å²) in [5.41, 5.74) is 0. The second kappa shape index (κ2) is 3.58. The van der Waals surface area contributed by atoms with Crippen LogP contribution in [0.15, 0.2) is 0 Å². The number of rotatable bonds is 1. The predicted octanol–water partition coefficient (Wildman–Crippen LogP) is 1.72. The van der Waals surface area contributed by atoms with Crippen molar-refractivity contribution < 1.29 is 4.74 Å². The van der Waals surface area contributed by atoms with Crippen molar-refractivity contribution in [2.75, 3.05) is 7.11 Å². The van der Waals surface area contributed by atoms with Crippen LogP contribution in [0.5, 0.6) is 0 Å². The quantitative estimate of drug-likeness (QED) is 0.554. The maximum atomic E-state index is 8.66. The molecule has 0 aromatic rings. The van der Waals surface area contributed by atoms with Gasteiger partial charge < -0.3 is 4.74 Å². The van der Waals surface area contributed by atoms with Crippen LogP contribution in [0, 0.1) is 17.2 Å². The first-order valence-corrected chi connectivity index (χ1v) is 3.81. The zero-order chi connectivity index (χ0) is 7.40.